The maximum Gasteiger partial charge on any atom is 0.309 e. The number of methoxy groups -OCH3 is 1. The van der Waals surface area contributed by atoms with E-state index in [1.807, 2.05) is 6.92 Å². The van der Waals surface area contributed by atoms with Gasteiger partial charge in [-0.2, -0.15) is 0 Å². The molecule has 0 saturated heterocycles. The number of ether oxygens (including phenoxy) is 1. The van der Waals surface area contributed by atoms with Crippen molar-refractivity contribution in [2.45, 2.75) is 32.6 Å². The number of carbonyl (C=O) groups excluding carboxylic acids is 1. The van der Waals surface area contributed by atoms with Crippen LogP contribution in [-0.2, 0) is 14.3 Å². The van der Waals surface area contributed by atoms with Crippen LogP contribution in [0.2, 0.25) is 0 Å². The molecular formula is C11H18O4. The molecule has 0 aromatic heterocycles. The highest BCUT2D eigenvalue weighted by Gasteiger charge is 2.44. The molecule has 1 fully saturated rings. The molecule has 1 aliphatic rings. The van der Waals surface area contributed by atoms with E-state index in [1.54, 1.807) is 0 Å². The van der Waals surface area contributed by atoms with Crippen molar-refractivity contribution in [3.63, 3.8) is 0 Å². The minimum absolute atomic E-state index is 0.184. The van der Waals surface area contributed by atoms with Crippen LogP contribution in [0.5, 0.6) is 0 Å². The molecule has 0 bridgehead atoms. The van der Waals surface area contributed by atoms with E-state index in [9.17, 15) is 9.59 Å². The van der Waals surface area contributed by atoms with Gasteiger partial charge in [-0.25, -0.2) is 0 Å². The summed E-state index contributed by atoms with van der Waals surface area (Å²) in [6.45, 7) is 2.04. The van der Waals surface area contributed by atoms with Crippen LogP contribution in [0.3, 0.4) is 0 Å². The van der Waals surface area contributed by atoms with Gasteiger partial charge in [-0.15, -0.1) is 0 Å². The third-order valence-corrected chi connectivity index (χ3v) is 3.24. The zero-order valence-electron chi connectivity index (χ0n) is 9.23. The first kappa shape index (κ1) is 12.0. The van der Waals surface area contributed by atoms with Crippen LogP contribution < -0.4 is 0 Å². The van der Waals surface area contributed by atoms with Gasteiger partial charge < -0.3 is 9.84 Å². The van der Waals surface area contributed by atoms with Crippen LogP contribution in [0.1, 0.15) is 32.6 Å². The summed E-state index contributed by atoms with van der Waals surface area (Å²) in [7, 11) is 1.32. The fourth-order valence-electron chi connectivity index (χ4n) is 2.55. The van der Waals surface area contributed by atoms with Crippen molar-refractivity contribution >= 4 is 11.9 Å². The maximum absolute atomic E-state index is 11.5. The number of hydrogen-bond acceptors (Lipinski definition) is 3. The minimum atomic E-state index is -0.871. The summed E-state index contributed by atoms with van der Waals surface area (Å²) in [4.78, 5) is 22.5. The second kappa shape index (κ2) is 5.14. The molecule has 1 aliphatic carbocycles. The molecule has 4 heteroatoms. The van der Waals surface area contributed by atoms with Gasteiger partial charge in [-0.05, 0) is 25.2 Å². The summed E-state index contributed by atoms with van der Waals surface area (Å²) in [6.07, 6.45) is 3.30. The smallest absolute Gasteiger partial charge is 0.309 e. The van der Waals surface area contributed by atoms with Crippen LogP contribution in [0.15, 0.2) is 0 Å². The lowest BCUT2D eigenvalue weighted by Crippen LogP contribution is -2.30. The van der Waals surface area contributed by atoms with Crippen molar-refractivity contribution in [1.29, 1.82) is 0 Å². The van der Waals surface area contributed by atoms with Crippen molar-refractivity contribution in [2.24, 2.45) is 17.8 Å². The predicted molar refractivity (Wildman–Crippen MR) is 54.3 cm³/mol. The van der Waals surface area contributed by atoms with Gasteiger partial charge in [-0.3, -0.25) is 9.59 Å². The van der Waals surface area contributed by atoms with E-state index in [0.29, 0.717) is 6.42 Å². The molecule has 0 spiro atoms. The Balaban J connectivity index is 2.77. The fraction of sp³-hybridized carbons (Fsp3) is 0.818. The molecule has 15 heavy (non-hydrogen) atoms. The Hall–Kier alpha value is -1.06. The fourth-order valence-corrected chi connectivity index (χ4v) is 2.55. The van der Waals surface area contributed by atoms with Crippen molar-refractivity contribution in [2.75, 3.05) is 7.11 Å². The maximum atomic E-state index is 11.5. The molecule has 0 aliphatic heterocycles. The van der Waals surface area contributed by atoms with E-state index < -0.39 is 17.8 Å². The second-order valence-corrected chi connectivity index (χ2v) is 4.12. The topological polar surface area (TPSA) is 63.6 Å². The SMILES string of the molecule is CCCC1CCC(C(=O)O)C1C(=O)OC. The molecule has 3 atom stereocenters. The Labute approximate surface area is 89.6 Å². The van der Waals surface area contributed by atoms with Crippen molar-refractivity contribution in [1.82, 2.24) is 0 Å². The van der Waals surface area contributed by atoms with Gasteiger partial charge in [0, 0.05) is 0 Å². The third-order valence-electron chi connectivity index (χ3n) is 3.24. The van der Waals surface area contributed by atoms with Crippen molar-refractivity contribution < 1.29 is 19.4 Å². The Morgan fingerprint density at radius 1 is 1.40 bits per heavy atom. The molecule has 3 unspecified atom stereocenters. The normalized spacial score (nSPS) is 30.1. The van der Waals surface area contributed by atoms with E-state index in [-0.39, 0.29) is 11.9 Å². The van der Waals surface area contributed by atoms with Gasteiger partial charge in [0.2, 0.25) is 0 Å². The monoisotopic (exact) mass is 214 g/mol. The third kappa shape index (κ3) is 2.49. The summed E-state index contributed by atoms with van der Waals surface area (Å²) in [5.74, 6) is -2.03. The quantitative estimate of drug-likeness (QED) is 0.723. The number of aliphatic carboxylic acids is 1. The summed E-state index contributed by atoms with van der Waals surface area (Å²) in [5, 5.41) is 9.01. The number of carbonyl (C=O) groups is 2. The minimum Gasteiger partial charge on any atom is -0.481 e. The molecule has 86 valence electrons. The molecule has 0 amide bonds. The van der Waals surface area contributed by atoms with Gasteiger partial charge in [0.15, 0.2) is 0 Å². The van der Waals surface area contributed by atoms with Gasteiger partial charge >= 0.3 is 11.9 Å². The van der Waals surface area contributed by atoms with Gasteiger partial charge in [0.25, 0.3) is 0 Å². The van der Waals surface area contributed by atoms with E-state index >= 15 is 0 Å². The Morgan fingerprint density at radius 2 is 2.07 bits per heavy atom. The van der Waals surface area contributed by atoms with Gasteiger partial charge in [0.05, 0.1) is 18.9 Å². The highest BCUT2D eigenvalue weighted by Crippen LogP contribution is 2.40. The number of hydrogen-bond donors (Lipinski definition) is 1. The molecule has 4 nitrogen and oxygen atoms in total. The summed E-state index contributed by atoms with van der Waals surface area (Å²) in [5.41, 5.74) is 0. The van der Waals surface area contributed by atoms with Crippen LogP contribution in [-0.4, -0.2) is 24.2 Å². The molecular weight excluding hydrogens is 196 g/mol. The van der Waals surface area contributed by atoms with Crippen LogP contribution in [0.25, 0.3) is 0 Å². The zero-order chi connectivity index (χ0) is 11.4. The van der Waals surface area contributed by atoms with Gasteiger partial charge in [0.1, 0.15) is 0 Å². The van der Waals surface area contributed by atoms with Crippen LogP contribution in [0.4, 0.5) is 0 Å². The number of carboxylic acids is 1. The molecule has 0 radical (unpaired) electrons. The standard InChI is InChI=1S/C11H18O4/c1-3-4-7-5-6-8(10(12)13)9(7)11(14)15-2/h7-9H,3-6H2,1-2H3,(H,12,13). The van der Waals surface area contributed by atoms with Crippen LogP contribution in [0, 0.1) is 17.8 Å². The Kier molecular flexibility index (Phi) is 4.12. The van der Waals surface area contributed by atoms with Crippen molar-refractivity contribution in [3.8, 4) is 0 Å². The lowest BCUT2D eigenvalue weighted by molar-refractivity contribution is -0.155. The first-order chi connectivity index (χ1) is 7.11. The molecule has 1 N–H and O–H groups in total. The van der Waals surface area contributed by atoms with Gasteiger partial charge in [-0.1, -0.05) is 13.3 Å². The van der Waals surface area contributed by atoms with Crippen LogP contribution >= 0.6 is 0 Å². The highest BCUT2D eigenvalue weighted by atomic mass is 16.5. The molecule has 1 rings (SSSR count). The summed E-state index contributed by atoms with van der Waals surface area (Å²) < 4.78 is 4.69. The molecule has 0 aromatic rings. The first-order valence-electron chi connectivity index (χ1n) is 5.42. The summed E-state index contributed by atoms with van der Waals surface area (Å²) >= 11 is 0. The number of carboxylic acid groups (broad SMARTS) is 1. The lowest BCUT2D eigenvalue weighted by atomic mass is 9.87. The Morgan fingerprint density at radius 3 is 2.53 bits per heavy atom. The predicted octanol–water partition coefficient (Wildman–Crippen LogP) is 1.69. The largest absolute Gasteiger partial charge is 0.481 e. The van der Waals surface area contributed by atoms with E-state index in [0.717, 1.165) is 19.3 Å². The van der Waals surface area contributed by atoms with Crippen molar-refractivity contribution in [3.05, 3.63) is 0 Å². The zero-order valence-corrected chi connectivity index (χ0v) is 9.23. The average molecular weight is 214 g/mol. The first-order valence-corrected chi connectivity index (χ1v) is 5.42. The lowest BCUT2D eigenvalue weighted by Gasteiger charge is -2.19. The Bertz CT molecular complexity index is 249. The summed E-state index contributed by atoms with van der Waals surface area (Å²) in [6, 6.07) is 0. The molecule has 0 aromatic carbocycles. The number of esters is 1. The number of rotatable bonds is 4. The molecule has 0 heterocycles. The molecule has 1 saturated carbocycles. The van der Waals surface area contributed by atoms with E-state index in [4.69, 9.17) is 5.11 Å². The van der Waals surface area contributed by atoms with E-state index in [1.165, 1.54) is 7.11 Å². The second-order valence-electron chi connectivity index (χ2n) is 4.12. The average Bonchev–Trinajstić information content (AvgIpc) is 2.61. The van der Waals surface area contributed by atoms with E-state index in [2.05, 4.69) is 4.74 Å². The highest BCUT2D eigenvalue weighted by molar-refractivity contribution is 5.82.